The predicted molar refractivity (Wildman–Crippen MR) is 87.1 cm³/mol. The van der Waals surface area contributed by atoms with Crippen molar-refractivity contribution in [1.82, 2.24) is 0 Å². The van der Waals surface area contributed by atoms with Crippen LogP contribution in [0.5, 0.6) is 5.75 Å². The first kappa shape index (κ1) is 14.2. The van der Waals surface area contributed by atoms with E-state index in [0.29, 0.717) is 0 Å². The van der Waals surface area contributed by atoms with Gasteiger partial charge in [0.25, 0.3) is 0 Å². The summed E-state index contributed by atoms with van der Waals surface area (Å²) in [4.78, 5) is 0. The van der Waals surface area contributed by atoms with Crippen molar-refractivity contribution in [3.05, 3.63) is 62.6 Å². The molecule has 0 amide bonds. The van der Waals surface area contributed by atoms with Crippen molar-refractivity contribution < 1.29 is 4.74 Å². The molecule has 1 aliphatic rings. The zero-order valence-electron chi connectivity index (χ0n) is 10.7. The molecule has 1 atom stereocenters. The van der Waals surface area contributed by atoms with Gasteiger partial charge in [-0.25, -0.2) is 0 Å². The predicted octanol–water partition coefficient (Wildman–Crippen LogP) is 5.56. The molecule has 1 aliphatic heterocycles. The highest BCUT2D eigenvalue weighted by Gasteiger charge is 2.22. The second-order valence-corrected chi connectivity index (χ2v) is 6.76. The molecule has 0 bridgehead atoms. The molecular weight excluding hydrogens is 359 g/mol. The highest BCUT2D eigenvalue weighted by atomic mass is 79.9. The van der Waals surface area contributed by atoms with E-state index in [9.17, 15) is 0 Å². The van der Waals surface area contributed by atoms with Gasteiger partial charge < -0.3 is 4.74 Å². The third-order valence-corrected chi connectivity index (χ3v) is 4.50. The molecule has 104 valence electrons. The number of rotatable bonds is 3. The topological polar surface area (TPSA) is 9.23 Å². The first-order chi connectivity index (χ1) is 9.63. The van der Waals surface area contributed by atoms with Crippen molar-refractivity contribution in [2.24, 2.45) is 0 Å². The minimum atomic E-state index is -0.127. The number of hydrogen-bond acceptors (Lipinski definition) is 1. The molecule has 1 heterocycles. The molecular formula is C16H13BrCl2O. The van der Waals surface area contributed by atoms with Gasteiger partial charge in [0.1, 0.15) is 5.75 Å². The van der Waals surface area contributed by atoms with Crippen molar-refractivity contribution in [2.75, 3.05) is 6.61 Å². The van der Waals surface area contributed by atoms with Gasteiger partial charge in [-0.15, -0.1) is 11.6 Å². The summed E-state index contributed by atoms with van der Waals surface area (Å²) in [5.74, 6) is 0.954. The van der Waals surface area contributed by atoms with Crippen LogP contribution < -0.4 is 4.74 Å². The van der Waals surface area contributed by atoms with Crippen LogP contribution in [-0.4, -0.2) is 6.61 Å². The number of hydrogen-bond donors (Lipinski definition) is 0. The third kappa shape index (κ3) is 2.98. The van der Waals surface area contributed by atoms with Crippen molar-refractivity contribution in [3.63, 3.8) is 0 Å². The standard InChI is InChI=1S/C16H13BrCl2O/c17-12-8-11-4-5-20-16(11)14(9-12)15(19)7-10-2-1-3-13(18)6-10/h1-3,6,8-9,15H,4-5,7H2. The minimum Gasteiger partial charge on any atom is -0.493 e. The molecule has 0 saturated carbocycles. The van der Waals surface area contributed by atoms with E-state index < -0.39 is 0 Å². The molecule has 20 heavy (non-hydrogen) atoms. The van der Waals surface area contributed by atoms with Gasteiger partial charge in [0.05, 0.1) is 12.0 Å². The number of ether oxygens (including phenoxy) is 1. The highest BCUT2D eigenvalue weighted by Crippen LogP contribution is 2.40. The van der Waals surface area contributed by atoms with Crippen LogP contribution in [0.1, 0.15) is 22.1 Å². The first-order valence-corrected chi connectivity index (χ1v) is 8.08. The Morgan fingerprint density at radius 1 is 1.25 bits per heavy atom. The normalized spacial score (nSPS) is 14.8. The van der Waals surface area contributed by atoms with E-state index in [-0.39, 0.29) is 5.38 Å². The largest absolute Gasteiger partial charge is 0.493 e. The van der Waals surface area contributed by atoms with Gasteiger partial charge >= 0.3 is 0 Å². The maximum Gasteiger partial charge on any atom is 0.127 e. The smallest absolute Gasteiger partial charge is 0.127 e. The van der Waals surface area contributed by atoms with Crippen LogP contribution in [-0.2, 0) is 12.8 Å². The lowest BCUT2D eigenvalue weighted by Crippen LogP contribution is -1.99. The zero-order valence-corrected chi connectivity index (χ0v) is 13.8. The molecule has 1 unspecified atom stereocenters. The van der Waals surface area contributed by atoms with E-state index in [2.05, 4.69) is 22.0 Å². The van der Waals surface area contributed by atoms with Gasteiger partial charge in [0.15, 0.2) is 0 Å². The molecule has 2 aromatic carbocycles. The van der Waals surface area contributed by atoms with Crippen molar-refractivity contribution in [2.45, 2.75) is 18.2 Å². The van der Waals surface area contributed by atoms with Gasteiger partial charge in [0.2, 0.25) is 0 Å². The van der Waals surface area contributed by atoms with E-state index in [0.717, 1.165) is 45.8 Å². The molecule has 0 N–H and O–H groups in total. The van der Waals surface area contributed by atoms with Crippen LogP contribution in [0.4, 0.5) is 0 Å². The fourth-order valence-electron chi connectivity index (χ4n) is 2.51. The molecule has 4 heteroatoms. The van der Waals surface area contributed by atoms with Crippen LogP contribution >= 0.6 is 39.1 Å². The summed E-state index contributed by atoms with van der Waals surface area (Å²) in [6.07, 6.45) is 1.68. The van der Waals surface area contributed by atoms with Gasteiger partial charge in [-0.3, -0.25) is 0 Å². The second-order valence-electron chi connectivity index (χ2n) is 4.88. The van der Waals surface area contributed by atoms with Crippen molar-refractivity contribution in [3.8, 4) is 5.75 Å². The van der Waals surface area contributed by atoms with E-state index in [1.807, 2.05) is 30.3 Å². The van der Waals surface area contributed by atoms with Gasteiger partial charge in [-0.2, -0.15) is 0 Å². The summed E-state index contributed by atoms with van der Waals surface area (Å²) in [5.41, 5.74) is 3.41. The van der Waals surface area contributed by atoms with Crippen molar-refractivity contribution in [1.29, 1.82) is 0 Å². The fraction of sp³-hybridized carbons (Fsp3) is 0.250. The zero-order chi connectivity index (χ0) is 14.1. The Morgan fingerprint density at radius 3 is 2.90 bits per heavy atom. The van der Waals surface area contributed by atoms with Gasteiger partial charge in [-0.1, -0.05) is 39.7 Å². The monoisotopic (exact) mass is 370 g/mol. The number of fused-ring (bicyclic) bond motifs is 1. The quantitative estimate of drug-likeness (QED) is 0.641. The van der Waals surface area contributed by atoms with Crippen LogP contribution in [0, 0.1) is 0 Å². The SMILES string of the molecule is Clc1cccc(CC(Cl)c2cc(Br)cc3c2OCC3)c1. The Hall–Kier alpha value is -0.700. The van der Waals surface area contributed by atoms with Crippen LogP contribution in [0.25, 0.3) is 0 Å². The first-order valence-electron chi connectivity index (χ1n) is 6.47. The lowest BCUT2D eigenvalue weighted by Gasteiger charge is -2.15. The van der Waals surface area contributed by atoms with E-state index in [1.165, 1.54) is 5.56 Å². The lowest BCUT2D eigenvalue weighted by atomic mass is 10.0. The Morgan fingerprint density at radius 2 is 2.10 bits per heavy atom. The summed E-state index contributed by atoms with van der Waals surface area (Å²) >= 11 is 16.2. The fourth-order valence-corrected chi connectivity index (χ4v) is 3.59. The highest BCUT2D eigenvalue weighted by molar-refractivity contribution is 9.10. The van der Waals surface area contributed by atoms with E-state index in [4.69, 9.17) is 27.9 Å². The summed E-state index contributed by atoms with van der Waals surface area (Å²) in [6, 6.07) is 12.0. The maximum absolute atomic E-state index is 6.60. The molecule has 1 nitrogen and oxygen atoms in total. The molecule has 0 aromatic heterocycles. The molecule has 0 saturated heterocycles. The number of alkyl halides is 1. The van der Waals surface area contributed by atoms with Crippen LogP contribution in [0.15, 0.2) is 40.9 Å². The van der Waals surface area contributed by atoms with E-state index in [1.54, 1.807) is 0 Å². The van der Waals surface area contributed by atoms with E-state index >= 15 is 0 Å². The Labute approximate surface area is 137 Å². The lowest BCUT2D eigenvalue weighted by molar-refractivity contribution is 0.353. The maximum atomic E-state index is 6.60. The van der Waals surface area contributed by atoms with Crippen LogP contribution in [0.2, 0.25) is 5.02 Å². The second kappa shape index (κ2) is 5.97. The molecule has 2 aromatic rings. The Balaban J connectivity index is 1.89. The van der Waals surface area contributed by atoms with Crippen molar-refractivity contribution >= 4 is 39.1 Å². The van der Waals surface area contributed by atoms with Gasteiger partial charge in [0, 0.05) is 21.5 Å². The van der Waals surface area contributed by atoms with Crippen LogP contribution in [0.3, 0.4) is 0 Å². The molecule has 0 fully saturated rings. The Bertz CT molecular complexity index is 642. The Kier molecular flexibility index (Phi) is 4.25. The summed E-state index contributed by atoms with van der Waals surface area (Å²) in [5, 5.41) is 0.611. The summed E-state index contributed by atoms with van der Waals surface area (Å²) in [6.45, 7) is 0.736. The molecule has 0 radical (unpaired) electrons. The third-order valence-electron chi connectivity index (χ3n) is 3.42. The average molecular weight is 372 g/mol. The summed E-state index contributed by atoms with van der Waals surface area (Å²) in [7, 11) is 0. The minimum absolute atomic E-state index is 0.127. The molecule has 0 spiro atoms. The molecule has 0 aliphatic carbocycles. The summed E-state index contributed by atoms with van der Waals surface area (Å²) < 4.78 is 6.79. The average Bonchev–Trinajstić information content (AvgIpc) is 2.85. The number of halogens is 3. The molecule has 3 rings (SSSR count). The number of benzene rings is 2. The van der Waals surface area contributed by atoms with Gasteiger partial charge in [-0.05, 0) is 41.8 Å².